The van der Waals surface area contributed by atoms with Gasteiger partial charge < -0.3 is 9.84 Å². The summed E-state index contributed by atoms with van der Waals surface area (Å²) in [6.45, 7) is 1.45. The highest BCUT2D eigenvalue weighted by Crippen LogP contribution is 2.02. The van der Waals surface area contributed by atoms with E-state index in [4.69, 9.17) is 15.2 Å². The molecule has 0 radical (unpaired) electrons. The fourth-order valence-corrected chi connectivity index (χ4v) is 0.911. The third-order valence-corrected chi connectivity index (χ3v) is 1.75. The number of allylic oxidation sites excluding steroid dienone is 1. The molecule has 0 fully saturated rings. The maximum Gasteiger partial charge on any atom is 0.437 e. The maximum absolute atomic E-state index is 9.15. The summed E-state index contributed by atoms with van der Waals surface area (Å²) >= 11 is 0. The van der Waals surface area contributed by atoms with Crippen molar-refractivity contribution in [3.05, 3.63) is 52.5 Å². The minimum absolute atomic E-state index is 0.0153. The molecule has 0 spiro atoms. The maximum atomic E-state index is 9.15. The average Bonchev–Trinajstić information content (AvgIpc) is 2.34. The molecule has 4 heteroatoms. The Morgan fingerprint density at radius 2 is 2.12 bits per heavy atom. The van der Waals surface area contributed by atoms with Crippen LogP contribution in [0.25, 0.3) is 4.98 Å². The van der Waals surface area contributed by atoms with Gasteiger partial charge in [-0.3, -0.25) is 0 Å². The monoisotopic (exact) mass is 215 g/mol. The van der Waals surface area contributed by atoms with Crippen molar-refractivity contribution in [3.63, 3.8) is 0 Å². The van der Waals surface area contributed by atoms with Crippen LogP contribution >= 0.6 is 0 Å². The SMILES string of the molecule is C/C([N+]#N)=C(\O)OCC#Cc1ccccc1. The van der Waals surface area contributed by atoms with Crippen LogP contribution in [0.2, 0.25) is 0 Å². The van der Waals surface area contributed by atoms with E-state index in [1.807, 2.05) is 30.3 Å². The molecule has 0 aliphatic rings. The predicted molar refractivity (Wildman–Crippen MR) is 59.7 cm³/mol. The van der Waals surface area contributed by atoms with Gasteiger partial charge in [0.2, 0.25) is 5.39 Å². The Morgan fingerprint density at radius 1 is 1.44 bits per heavy atom. The molecule has 16 heavy (non-hydrogen) atoms. The van der Waals surface area contributed by atoms with Crippen molar-refractivity contribution < 1.29 is 9.84 Å². The molecule has 0 saturated heterocycles. The number of rotatable bonds is 2. The second-order valence-electron chi connectivity index (χ2n) is 2.95. The molecule has 80 valence electrons. The lowest BCUT2D eigenvalue weighted by Gasteiger charge is -1.94. The molecular weight excluding hydrogens is 204 g/mol. The summed E-state index contributed by atoms with van der Waals surface area (Å²) < 4.78 is 4.82. The Hall–Kier alpha value is -2.46. The molecule has 0 heterocycles. The Bertz CT molecular complexity index is 475. The first-order chi connectivity index (χ1) is 7.74. The summed E-state index contributed by atoms with van der Waals surface area (Å²) in [5.41, 5.74) is 0.889. The topological polar surface area (TPSA) is 57.6 Å². The van der Waals surface area contributed by atoms with Crippen molar-refractivity contribution in [1.82, 2.24) is 0 Å². The van der Waals surface area contributed by atoms with E-state index in [0.717, 1.165) is 5.56 Å². The van der Waals surface area contributed by atoms with E-state index < -0.39 is 5.95 Å². The van der Waals surface area contributed by atoms with Crippen LogP contribution in [-0.2, 0) is 4.74 Å². The fourth-order valence-electron chi connectivity index (χ4n) is 0.911. The number of hydrogen-bond acceptors (Lipinski definition) is 3. The Balaban J connectivity index is 2.49. The van der Waals surface area contributed by atoms with Gasteiger partial charge in [0.25, 0.3) is 0 Å². The summed E-state index contributed by atoms with van der Waals surface area (Å²) in [5, 5.41) is 17.5. The molecule has 0 aliphatic heterocycles. The molecule has 0 bridgehead atoms. The van der Waals surface area contributed by atoms with E-state index in [9.17, 15) is 0 Å². The van der Waals surface area contributed by atoms with E-state index in [-0.39, 0.29) is 12.3 Å². The van der Waals surface area contributed by atoms with Gasteiger partial charge in [-0.2, -0.15) is 0 Å². The molecular formula is C12H11N2O2+. The molecule has 0 aliphatic carbocycles. The lowest BCUT2D eigenvalue weighted by Crippen LogP contribution is -1.93. The Labute approximate surface area is 93.8 Å². The second kappa shape index (κ2) is 6.10. The zero-order valence-electron chi connectivity index (χ0n) is 8.84. The van der Waals surface area contributed by atoms with E-state index in [1.165, 1.54) is 6.92 Å². The number of aliphatic hydroxyl groups excluding tert-OH is 1. The first-order valence-corrected chi connectivity index (χ1v) is 4.65. The molecule has 1 aromatic rings. The van der Waals surface area contributed by atoms with E-state index >= 15 is 0 Å². The smallest absolute Gasteiger partial charge is 0.437 e. The molecule has 0 unspecified atom stereocenters. The van der Waals surface area contributed by atoms with Gasteiger partial charge in [0.15, 0.2) is 11.6 Å². The number of benzene rings is 1. The molecule has 1 aromatic carbocycles. The highest BCUT2D eigenvalue weighted by molar-refractivity contribution is 5.33. The van der Waals surface area contributed by atoms with Crippen LogP contribution < -0.4 is 0 Å². The molecule has 1 rings (SSSR count). The van der Waals surface area contributed by atoms with Crippen molar-refractivity contribution in [2.24, 2.45) is 0 Å². The quantitative estimate of drug-likeness (QED) is 0.468. The minimum Gasteiger partial charge on any atom is -0.475 e. The minimum atomic E-state index is -0.426. The normalized spacial score (nSPS) is 10.5. The van der Waals surface area contributed by atoms with Gasteiger partial charge >= 0.3 is 11.6 Å². The lowest BCUT2D eigenvalue weighted by atomic mass is 10.2. The van der Waals surface area contributed by atoms with E-state index in [1.54, 1.807) is 0 Å². The molecule has 0 aromatic heterocycles. The number of nitrogens with zero attached hydrogens (tertiary/aromatic N) is 2. The largest absolute Gasteiger partial charge is 0.475 e. The standard InChI is InChI=1S/C12H10N2O2/c1-10(14-13)12(15)16-9-5-8-11-6-3-2-4-7-11/h2-4,6-7H,9H2,1H3/p+1/b12-10-. The molecule has 1 N–H and O–H groups in total. The van der Waals surface area contributed by atoms with Crippen LogP contribution in [0.4, 0.5) is 0 Å². The Morgan fingerprint density at radius 3 is 2.75 bits per heavy atom. The summed E-state index contributed by atoms with van der Waals surface area (Å²) in [5.74, 6) is 5.15. The van der Waals surface area contributed by atoms with Crippen molar-refractivity contribution in [2.75, 3.05) is 6.61 Å². The van der Waals surface area contributed by atoms with Crippen LogP contribution in [0.15, 0.2) is 42.0 Å². The van der Waals surface area contributed by atoms with Gasteiger partial charge in [0, 0.05) is 5.56 Å². The molecule has 0 amide bonds. The van der Waals surface area contributed by atoms with Crippen LogP contribution in [0, 0.1) is 17.2 Å². The van der Waals surface area contributed by atoms with Crippen molar-refractivity contribution in [2.45, 2.75) is 6.92 Å². The third kappa shape index (κ3) is 3.73. The number of ether oxygens (including phenoxy) is 1. The van der Waals surface area contributed by atoms with E-state index in [2.05, 4.69) is 16.8 Å². The first kappa shape index (κ1) is 11.6. The van der Waals surface area contributed by atoms with Gasteiger partial charge in [0.1, 0.15) is 0 Å². The van der Waals surface area contributed by atoms with Crippen molar-refractivity contribution in [1.29, 1.82) is 5.39 Å². The number of hydrogen-bond donors (Lipinski definition) is 1. The Kier molecular flexibility index (Phi) is 4.43. The van der Waals surface area contributed by atoms with E-state index in [0.29, 0.717) is 0 Å². The predicted octanol–water partition coefficient (Wildman–Crippen LogP) is 2.65. The van der Waals surface area contributed by atoms with Gasteiger partial charge in [-0.05, 0) is 12.1 Å². The van der Waals surface area contributed by atoms with Gasteiger partial charge in [0.05, 0.1) is 6.92 Å². The zero-order valence-corrected chi connectivity index (χ0v) is 8.84. The molecule has 0 saturated carbocycles. The highest BCUT2D eigenvalue weighted by atomic mass is 16.6. The van der Waals surface area contributed by atoms with Crippen LogP contribution in [0.1, 0.15) is 12.5 Å². The summed E-state index contributed by atoms with van der Waals surface area (Å²) in [7, 11) is 0. The molecule has 0 atom stereocenters. The van der Waals surface area contributed by atoms with Gasteiger partial charge in [-0.25, -0.2) is 0 Å². The second-order valence-corrected chi connectivity index (χ2v) is 2.95. The molecule has 4 nitrogen and oxygen atoms in total. The van der Waals surface area contributed by atoms with Gasteiger partial charge in [-0.1, -0.05) is 30.0 Å². The summed E-state index contributed by atoms with van der Waals surface area (Å²) in [6, 6.07) is 9.42. The zero-order chi connectivity index (χ0) is 11.8. The van der Waals surface area contributed by atoms with Crippen molar-refractivity contribution in [3.8, 4) is 11.8 Å². The highest BCUT2D eigenvalue weighted by Gasteiger charge is 2.11. The lowest BCUT2D eigenvalue weighted by molar-refractivity contribution is 0.112. The van der Waals surface area contributed by atoms with Gasteiger partial charge in [-0.15, -0.1) is 0 Å². The van der Waals surface area contributed by atoms with Crippen LogP contribution in [0.5, 0.6) is 0 Å². The summed E-state index contributed by atoms with van der Waals surface area (Å²) in [4.78, 5) is 2.78. The number of diazo groups is 1. The van der Waals surface area contributed by atoms with Crippen LogP contribution in [0.3, 0.4) is 0 Å². The number of aliphatic hydroxyl groups is 1. The third-order valence-electron chi connectivity index (χ3n) is 1.75. The summed E-state index contributed by atoms with van der Waals surface area (Å²) in [6.07, 6.45) is 0. The average molecular weight is 215 g/mol. The fraction of sp³-hybridized carbons (Fsp3) is 0.167. The van der Waals surface area contributed by atoms with Crippen molar-refractivity contribution >= 4 is 0 Å². The van der Waals surface area contributed by atoms with Crippen LogP contribution in [-0.4, -0.2) is 11.7 Å². The first-order valence-electron chi connectivity index (χ1n) is 4.65.